The minimum Gasteiger partial charge on any atom is -0.463 e. The third-order valence-electron chi connectivity index (χ3n) is 2.86. The molecule has 4 nitrogen and oxygen atoms in total. The molecule has 0 bridgehead atoms. The molecule has 4 heteroatoms. The van der Waals surface area contributed by atoms with E-state index in [0.29, 0.717) is 6.61 Å². The van der Waals surface area contributed by atoms with Crippen LogP contribution in [0, 0.1) is 5.41 Å². The third-order valence-corrected chi connectivity index (χ3v) is 2.86. The summed E-state index contributed by atoms with van der Waals surface area (Å²) in [6, 6.07) is 0. The highest BCUT2D eigenvalue weighted by atomic mass is 16.6. The van der Waals surface area contributed by atoms with Gasteiger partial charge in [-0.2, -0.15) is 0 Å². The zero-order valence-corrected chi connectivity index (χ0v) is 10.2. The van der Waals surface area contributed by atoms with Crippen molar-refractivity contribution in [2.24, 2.45) is 5.41 Å². The minimum atomic E-state index is -0.722. The summed E-state index contributed by atoms with van der Waals surface area (Å²) >= 11 is 0. The molecule has 0 aromatic carbocycles. The summed E-state index contributed by atoms with van der Waals surface area (Å²) in [6.07, 6.45) is 3.53. The molecule has 16 heavy (non-hydrogen) atoms. The Morgan fingerprint density at radius 2 is 2.06 bits per heavy atom. The summed E-state index contributed by atoms with van der Waals surface area (Å²) in [6.45, 7) is 5.94. The largest absolute Gasteiger partial charge is 0.463 e. The van der Waals surface area contributed by atoms with Crippen LogP contribution >= 0.6 is 0 Å². The SMILES string of the molecule is CCCCCCOC(=O)[C@@H]1OC(=O)C1(C)C. The fourth-order valence-electron chi connectivity index (χ4n) is 1.58. The van der Waals surface area contributed by atoms with E-state index in [1.807, 2.05) is 0 Å². The van der Waals surface area contributed by atoms with Gasteiger partial charge in [-0.25, -0.2) is 4.79 Å². The molecule has 1 aliphatic rings. The average molecular weight is 228 g/mol. The van der Waals surface area contributed by atoms with Crippen molar-refractivity contribution in [2.45, 2.75) is 52.6 Å². The Morgan fingerprint density at radius 3 is 2.56 bits per heavy atom. The van der Waals surface area contributed by atoms with Crippen molar-refractivity contribution in [3.8, 4) is 0 Å². The highest BCUT2D eigenvalue weighted by Crippen LogP contribution is 2.36. The molecule has 0 aliphatic carbocycles. The summed E-state index contributed by atoms with van der Waals surface area (Å²) in [4.78, 5) is 22.6. The second-order valence-electron chi connectivity index (χ2n) is 4.74. The maximum atomic E-state index is 11.5. The summed E-state index contributed by atoms with van der Waals surface area (Å²) in [5.74, 6) is -0.749. The standard InChI is InChI=1S/C12H20O4/c1-4-5-6-7-8-15-10(13)9-12(2,3)11(14)16-9/h9H,4-8H2,1-3H3/t9-/m0/s1. The number of hydrogen-bond acceptors (Lipinski definition) is 4. The van der Waals surface area contributed by atoms with Crippen LogP contribution in [0.5, 0.6) is 0 Å². The second kappa shape index (κ2) is 5.32. The van der Waals surface area contributed by atoms with Gasteiger partial charge < -0.3 is 9.47 Å². The van der Waals surface area contributed by atoms with Crippen molar-refractivity contribution in [3.63, 3.8) is 0 Å². The minimum absolute atomic E-state index is 0.333. The Labute approximate surface area is 96.3 Å². The van der Waals surface area contributed by atoms with Crippen molar-refractivity contribution in [3.05, 3.63) is 0 Å². The molecule has 0 saturated carbocycles. The predicted molar refractivity (Wildman–Crippen MR) is 58.8 cm³/mol. The Balaban J connectivity index is 2.19. The summed E-state index contributed by atoms with van der Waals surface area (Å²) in [7, 11) is 0. The van der Waals surface area contributed by atoms with E-state index >= 15 is 0 Å². The zero-order valence-electron chi connectivity index (χ0n) is 10.2. The first-order valence-electron chi connectivity index (χ1n) is 5.88. The molecule has 1 fully saturated rings. The fraction of sp³-hybridized carbons (Fsp3) is 0.833. The van der Waals surface area contributed by atoms with Crippen molar-refractivity contribution in [2.75, 3.05) is 6.61 Å². The topological polar surface area (TPSA) is 52.6 Å². The normalized spacial score (nSPS) is 22.2. The summed E-state index contributed by atoms with van der Waals surface area (Å²) in [5, 5.41) is 0. The van der Waals surface area contributed by atoms with Crippen LogP contribution in [0.25, 0.3) is 0 Å². The first-order valence-corrected chi connectivity index (χ1v) is 5.88. The molecule has 1 atom stereocenters. The molecule has 0 aromatic rings. The molecule has 0 radical (unpaired) electrons. The van der Waals surface area contributed by atoms with Crippen LogP contribution in [0.1, 0.15) is 46.5 Å². The van der Waals surface area contributed by atoms with Gasteiger partial charge in [-0.1, -0.05) is 26.2 Å². The average Bonchev–Trinajstić information content (AvgIpc) is 2.25. The van der Waals surface area contributed by atoms with Gasteiger partial charge in [-0.15, -0.1) is 0 Å². The molecule has 92 valence electrons. The van der Waals surface area contributed by atoms with E-state index in [1.54, 1.807) is 13.8 Å². The lowest BCUT2D eigenvalue weighted by Crippen LogP contribution is -2.57. The van der Waals surface area contributed by atoms with E-state index in [4.69, 9.17) is 9.47 Å². The Kier molecular flexibility index (Phi) is 4.33. The number of carbonyl (C=O) groups is 2. The van der Waals surface area contributed by atoms with Gasteiger partial charge in [0.2, 0.25) is 6.10 Å². The smallest absolute Gasteiger partial charge is 0.348 e. The molecule has 0 amide bonds. The maximum absolute atomic E-state index is 11.5. The van der Waals surface area contributed by atoms with E-state index in [9.17, 15) is 9.59 Å². The Hall–Kier alpha value is -1.06. The van der Waals surface area contributed by atoms with Gasteiger partial charge in [0.15, 0.2) is 0 Å². The van der Waals surface area contributed by atoms with Crippen LogP contribution in [-0.4, -0.2) is 24.6 Å². The number of esters is 2. The molecule has 0 spiro atoms. The van der Waals surface area contributed by atoms with Crippen molar-refractivity contribution < 1.29 is 19.1 Å². The lowest BCUT2D eigenvalue weighted by Gasteiger charge is -2.39. The van der Waals surface area contributed by atoms with Gasteiger partial charge in [0.05, 0.1) is 6.61 Å². The lowest BCUT2D eigenvalue weighted by molar-refractivity contribution is -0.212. The van der Waals surface area contributed by atoms with Crippen molar-refractivity contribution in [1.82, 2.24) is 0 Å². The van der Waals surface area contributed by atoms with E-state index in [1.165, 1.54) is 0 Å². The first kappa shape index (κ1) is 13.0. The van der Waals surface area contributed by atoms with Crippen LogP contribution in [0.4, 0.5) is 0 Å². The fourth-order valence-corrected chi connectivity index (χ4v) is 1.58. The third kappa shape index (κ3) is 2.74. The molecule has 1 heterocycles. The monoisotopic (exact) mass is 228 g/mol. The maximum Gasteiger partial charge on any atom is 0.348 e. The summed E-state index contributed by atoms with van der Waals surface area (Å²) < 4.78 is 9.84. The quantitative estimate of drug-likeness (QED) is 0.516. The Bertz CT molecular complexity index is 270. The van der Waals surface area contributed by atoms with Crippen molar-refractivity contribution in [1.29, 1.82) is 0 Å². The number of cyclic esters (lactones) is 1. The Morgan fingerprint density at radius 1 is 1.38 bits per heavy atom. The van der Waals surface area contributed by atoms with Gasteiger partial charge in [0.1, 0.15) is 5.41 Å². The lowest BCUT2D eigenvalue weighted by atomic mass is 9.81. The molecule has 0 aromatic heterocycles. The molecular formula is C12H20O4. The molecule has 1 saturated heterocycles. The molecule has 0 N–H and O–H groups in total. The number of hydrogen-bond donors (Lipinski definition) is 0. The molecule has 1 aliphatic heterocycles. The highest BCUT2D eigenvalue weighted by molar-refractivity contribution is 5.94. The van der Waals surface area contributed by atoms with Gasteiger partial charge >= 0.3 is 11.9 Å². The number of unbranched alkanes of at least 4 members (excludes halogenated alkanes) is 3. The predicted octanol–water partition coefficient (Wildman–Crippen LogP) is 2.06. The van der Waals surface area contributed by atoms with Crippen LogP contribution in [-0.2, 0) is 19.1 Å². The second-order valence-corrected chi connectivity index (χ2v) is 4.74. The van der Waals surface area contributed by atoms with Crippen LogP contribution in [0.15, 0.2) is 0 Å². The molecule has 0 unspecified atom stereocenters. The van der Waals surface area contributed by atoms with E-state index in [-0.39, 0.29) is 5.97 Å². The number of carbonyl (C=O) groups excluding carboxylic acids is 2. The van der Waals surface area contributed by atoms with Gasteiger partial charge in [0, 0.05) is 0 Å². The van der Waals surface area contributed by atoms with Gasteiger partial charge in [0.25, 0.3) is 0 Å². The van der Waals surface area contributed by atoms with Crippen LogP contribution in [0.3, 0.4) is 0 Å². The first-order chi connectivity index (χ1) is 7.50. The van der Waals surface area contributed by atoms with Gasteiger partial charge in [-0.3, -0.25) is 4.79 Å². The van der Waals surface area contributed by atoms with E-state index < -0.39 is 17.5 Å². The van der Waals surface area contributed by atoms with E-state index in [0.717, 1.165) is 25.7 Å². The molecule has 1 rings (SSSR count). The van der Waals surface area contributed by atoms with Crippen LogP contribution < -0.4 is 0 Å². The van der Waals surface area contributed by atoms with Crippen LogP contribution in [0.2, 0.25) is 0 Å². The summed E-state index contributed by atoms with van der Waals surface area (Å²) in [5.41, 5.74) is -0.722. The molecular weight excluding hydrogens is 208 g/mol. The van der Waals surface area contributed by atoms with Gasteiger partial charge in [-0.05, 0) is 20.3 Å². The van der Waals surface area contributed by atoms with E-state index in [2.05, 4.69) is 6.92 Å². The number of rotatable bonds is 6. The number of ether oxygens (including phenoxy) is 2. The highest BCUT2D eigenvalue weighted by Gasteiger charge is 2.55. The zero-order chi connectivity index (χ0) is 12.2. The van der Waals surface area contributed by atoms with Crippen molar-refractivity contribution >= 4 is 11.9 Å².